The first-order chi connectivity index (χ1) is 14.0. The Morgan fingerprint density at radius 2 is 1.52 bits per heavy atom. The summed E-state index contributed by atoms with van der Waals surface area (Å²) in [5, 5.41) is 14.2. The van der Waals surface area contributed by atoms with E-state index in [-0.39, 0.29) is 11.9 Å². The third kappa shape index (κ3) is 5.49. The molecule has 0 amide bonds. The second-order valence-corrected chi connectivity index (χ2v) is 7.54. The minimum Gasteiger partial charge on any atom is -0.493 e. The quantitative estimate of drug-likeness (QED) is 0.441. The molecule has 0 saturated carbocycles. The summed E-state index contributed by atoms with van der Waals surface area (Å²) in [6.45, 7) is 0. The summed E-state index contributed by atoms with van der Waals surface area (Å²) in [7, 11) is 3.18. The van der Waals surface area contributed by atoms with E-state index in [1.807, 2.05) is 42.5 Å². The number of ether oxygens (including phenoxy) is 2. The molecule has 0 aliphatic rings. The summed E-state index contributed by atoms with van der Waals surface area (Å²) >= 11 is 3.44. The maximum absolute atomic E-state index is 13.2. The molecule has 2 atom stereocenters. The molecule has 0 radical (unpaired) electrons. The number of hydrogen-bond donors (Lipinski definition) is 2. The van der Waals surface area contributed by atoms with Gasteiger partial charge in [-0.2, -0.15) is 0 Å². The number of halogens is 2. The second-order valence-electron chi connectivity index (χ2n) is 6.62. The second kappa shape index (κ2) is 9.76. The van der Waals surface area contributed by atoms with E-state index in [0.29, 0.717) is 23.5 Å². The number of anilines is 1. The van der Waals surface area contributed by atoms with Crippen LogP contribution in [0.2, 0.25) is 0 Å². The maximum atomic E-state index is 13.2. The van der Waals surface area contributed by atoms with Crippen LogP contribution in [0.15, 0.2) is 71.2 Å². The molecule has 29 heavy (non-hydrogen) atoms. The van der Waals surface area contributed by atoms with E-state index in [1.54, 1.807) is 26.4 Å². The SMILES string of the molecule is COc1ccc(C(CC(O)c2ccc(F)cc2)Nc2ccc(Br)cc2)cc1OC. The Kier molecular flexibility index (Phi) is 7.12. The molecule has 3 rings (SSSR count). The number of aliphatic hydroxyl groups is 1. The topological polar surface area (TPSA) is 50.7 Å². The first-order valence-electron chi connectivity index (χ1n) is 9.17. The monoisotopic (exact) mass is 459 g/mol. The Balaban J connectivity index is 1.90. The highest BCUT2D eigenvalue weighted by atomic mass is 79.9. The van der Waals surface area contributed by atoms with E-state index < -0.39 is 6.10 Å². The van der Waals surface area contributed by atoms with Gasteiger partial charge < -0.3 is 19.9 Å². The van der Waals surface area contributed by atoms with Crippen molar-refractivity contribution in [2.75, 3.05) is 19.5 Å². The first kappa shape index (κ1) is 21.1. The molecule has 2 unspecified atom stereocenters. The van der Waals surface area contributed by atoms with E-state index in [9.17, 15) is 9.50 Å². The summed E-state index contributed by atoms with van der Waals surface area (Å²) in [4.78, 5) is 0. The smallest absolute Gasteiger partial charge is 0.161 e. The van der Waals surface area contributed by atoms with Crippen LogP contribution in [0.4, 0.5) is 10.1 Å². The fourth-order valence-electron chi connectivity index (χ4n) is 3.14. The molecule has 152 valence electrons. The normalized spacial score (nSPS) is 12.9. The zero-order valence-electron chi connectivity index (χ0n) is 16.2. The van der Waals surface area contributed by atoms with E-state index >= 15 is 0 Å². The highest BCUT2D eigenvalue weighted by Gasteiger charge is 2.20. The van der Waals surface area contributed by atoms with Gasteiger partial charge in [-0.3, -0.25) is 0 Å². The molecule has 6 heteroatoms. The molecule has 4 nitrogen and oxygen atoms in total. The Hall–Kier alpha value is -2.57. The van der Waals surface area contributed by atoms with Crippen molar-refractivity contribution in [1.82, 2.24) is 0 Å². The van der Waals surface area contributed by atoms with E-state index in [1.165, 1.54) is 12.1 Å². The van der Waals surface area contributed by atoms with Crippen LogP contribution in [0.3, 0.4) is 0 Å². The fraction of sp³-hybridized carbons (Fsp3) is 0.217. The predicted octanol–water partition coefficient (Wildman–Crippen LogP) is 5.88. The Labute approximate surface area is 178 Å². The van der Waals surface area contributed by atoms with Crippen LogP contribution in [-0.2, 0) is 0 Å². The number of benzene rings is 3. The lowest BCUT2D eigenvalue weighted by Gasteiger charge is -2.24. The number of rotatable bonds is 8. The molecule has 3 aromatic carbocycles. The van der Waals surface area contributed by atoms with Gasteiger partial charge in [-0.05, 0) is 59.7 Å². The zero-order valence-corrected chi connectivity index (χ0v) is 17.8. The van der Waals surface area contributed by atoms with Crippen molar-refractivity contribution < 1.29 is 19.0 Å². The van der Waals surface area contributed by atoms with Crippen molar-refractivity contribution in [3.63, 3.8) is 0 Å². The first-order valence-corrected chi connectivity index (χ1v) is 9.97. The van der Waals surface area contributed by atoms with Gasteiger partial charge in [0.15, 0.2) is 11.5 Å². The van der Waals surface area contributed by atoms with Gasteiger partial charge in [-0.25, -0.2) is 4.39 Å². The van der Waals surface area contributed by atoms with Gasteiger partial charge in [-0.1, -0.05) is 34.1 Å². The summed E-state index contributed by atoms with van der Waals surface area (Å²) in [6, 6.07) is 19.2. The van der Waals surface area contributed by atoms with Crippen LogP contribution in [0.1, 0.15) is 29.7 Å². The lowest BCUT2D eigenvalue weighted by Crippen LogP contribution is -2.15. The Morgan fingerprint density at radius 3 is 2.14 bits per heavy atom. The van der Waals surface area contributed by atoms with Crippen LogP contribution < -0.4 is 14.8 Å². The summed E-state index contributed by atoms with van der Waals surface area (Å²) in [5.74, 6) is 0.923. The zero-order chi connectivity index (χ0) is 20.8. The average Bonchev–Trinajstić information content (AvgIpc) is 2.74. The van der Waals surface area contributed by atoms with Crippen molar-refractivity contribution in [3.05, 3.63) is 88.1 Å². The van der Waals surface area contributed by atoms with E-state index in [2.05, 4.69) is 21.2 Å². The van der Waals surface area contributed by atoms with Crippen LogP contribution in [0, 0.1) is 5.82 Å². The molecule has 0 heterocycles. The maximum Gasteiger partial charge on any atom is 0.161 e. The minimum atomic E-state index is -0.767. The van der Waals surface area contributed by atoms with Gasteiger partial charge in [0.2, 0.25) is 0 Å². The Morgan fingerprint density at radius 1 is 0.897 bits per heavy atom. The molecule has 0 aromatic heterocycles. The lowest BCUT2D eigenvalue weighted by molar-refractivity contribution is 0.160. The van der Waals surface area contributed by atoms with E-state index in [4.69, 9.17) is 9.47 Å². The molecule has 2 N–H and O–H groups in total. The molecule has 0 saturated heterocycles. The van der Waals surface area contributed by atoms with Crippen molar-refractivity contribution in [3.8, 4) is 11.5 Å². The van der Waals surface area contributed by atoms with Crippen LogP contribution >= 0.6 is 15.9 Å². The number of nitrogens with one attached hydrogen (secondary N) is 1. The third-order valence-corrected chi connectivity index (χ3v) is 5.24. The highest BCUT2D eigenvalue weighted by molar-refractivity contribution is 9.10. The molecular formula is C23H23BrFNO3. The molecule has 0 aliphatic heterocycles. The molecule has 0 spiro atoms. The standard InChI is InChI=1S/C23H23BrFNO3/c1-28-22-12-5-16(13-23(22)29-2)20(26-19-10-6-17(24)7-11-19)14-21(27)15-3-8-18(25)9-4-15/h3-13,20-21,26-27H,14H2,1-2H3. The van der Waals surface area contributed by atoms with Crippen molar-refractivity contribution in [2.45, 2.75) is 18.6 Å². The Bertz CT molecular complexity index is 932. The van der Waals surface area contributed by atoms with Crippen LogP contribution in [-0.4, -0.2) is 19.3 Å². The van der Waals surface area contributed by atoms with Crippen molar-refractivity contribution >= 4 is 21.6 Å². The summed E-state index contributed by atoms with van der Waals surface area (Å²) < 4.78 is 25.0. The minimum absolute atomic E-state index is 0.212. The number of hydrogen-bond acceptors (Lipinski definition) is 4. The van der Waals surface area contributed by atoms with Gasteiger partial charge in [0.05, 0.1) is 26.4 Å². The van der Waals surface area contributed by atoms with Crippen molar-refractivity contribution in [2.24, 2.45) is 0 Å². The fourth-order valence-corrected chi connectivity index (χ4v) is 3.40. The molecule has 0 bridgehead atoms. The average molecular weight is 460 g/mol. The van der Waals surface area contributed by atoms with Gasteiger partial charge in [0, 0.05) is 16.6 Å². The van der Waals surface area contributed by atoms with Crippen LogP contribution in [0.25, 0.3) is 0 Å². The third-order valence-electron chi connectivity index (χ3n) is 4.71. The summed E-state index contributed by atoms with van der Waals surface area (Å²) in [6.07, 6.45) is -0.381. The summed E-state index contributed by atoms with van der Waals surface area (Å²) in [5.41, 5.74) is 2.51. The molecule has 0 fully saturated rings. The molecule has 0 aliphatic carbocycles. The van der Waals surface area contributed by atoms with Gasteiger partial charge >= 0.3 is 0 Å². The number of aliphatic hydroxyl groups excluding tert-OH is 1. The molecule has 3 aromatic rings. The van der Waals surface area contributed by atoms with Crippen LogP contribution in [0.5, 0.6) is 11.5 Å². The predicted molar refractivity (Wildman–Crippen MR) is 116 cm³/mol. The van der Waals surface area contributed by atoms with Gasteiger partial charge in [0.1, 0.15) is 5.82 Å². The van der Waals surface area contributed by atoms with Gasteiger partial charge in [0.25, 0.3) is 0 Å². The number of methoxy groups -OCH3 is 2. The highest BCUT2D eigenvalue weighted by Crippen LogP contribution is 2.35. The van der Waals surface area contributed by atoms with Crippen molar-refractivity contribution in [1.29, 1.82) is 0 Å². The van der Waals surface area contributed by atoms with Gasteiger partial charge in [-0.15, -0.1) is 0 Å². The lowest BCUT2D eigenvalue weighted by atomic mass is 9.96. The van der Waals surface area contributed by atoms with E-state index in [0.717, 1.165) is 15.7 Å². The largest absolute Gasteiger partial charge is 0.493 e. The molecular weight excluding hydrogens is 437 g/mol.